The van der Waals surface area contributed by atoms with Crippen molar-refractivity contribution in [2.45, 2.75) is 212 Å². The smallest absolute Gasteiger partial charge is 0.330 e. The second kappa shape index (κ2) is 19.7. The molecule has 0 unspecified atom stereocenters. The Bertz CT molecular complexity index is 1520. The van der Waals surface area contributed by atoms with Crippen molar-refractivity contribution in [3.63, 3.8) is 0 Å². The van der Waals surface area contributed by atoms with Crippen LogP contribution < -0.4 is 0 Å². The lowest BCUT2D eigenvalue weighted by atomic mass is 9.72. The summed E-state index contributed by atoms with van der Waals surface area (Å²) < 4.78 is 45.9. The van der Waals surface area contributed by atoms with Gasteiger partial charge in [0.05, 0.1) is 53.7 Å². The number of Topliss-reactive ketones (excluding diaryl/α,β-unsaturated/α-hetero) is 1. The van der Waals surface area contributed by atoms with Crippen LogP contribution in [-0.4, -0.2) is 100 Å². The first-order chi connectivity index (χ1) is 28.3. The average molecular weight is 847 g/mol. The molecule has 0 aliphatic carbocycles. The van der Waals surface area contributed by atoms with E-state index >= 15 is 0 Å². The van der Waals surface area contributed by atoms with Gasteiger partial charge in [-0.1, -0.05) is 74.6 Å². The summed E-state index contributed by atoms with van der Waals surface area (Å²) in [4.78, 5) is 40.3. The molecule has 5 aliphatic heterocycles. The molecular formula is C48H78O12. The lowest BCUT2D eigenvalue weighted by molar-refractivity contribution is -0.442. The van der Waals surface area contributed by atoms with Gasteiger partial charge in [0, 0.05) is 42.6 Å². The Morgan fingerprint density at radius 2 is 1.55 bits per heavy atom. The maximum Gasteiger partial charge on any atom is 0.330 e. The number of aliphatic hydroxyl groups excluding tert-OH is 1. The Balaban J connectivity index is 1.34. The summed E-state index contributed by atoms with van der Waals surface area (Å²) in [6, 6.07) is 0. The molecule has 2 N–H and O–H groups in total. The van der Waals surface area contributed by atoms with Gasteiger partial charge in [0.1, 0.15) is 12.4 Å². The zero-order valence-corrected chi connectivity index (χ0v) is 38.3. The van der Waals surface area contributed by atoms with E-state index in [4.69, 9.17) is 33.2 Å². The highest BCUT2D eigenvalue weighted by Gasteiger charge is 2.65. The number of rotatable bonds is 16. The van der Waals surface area contributed by atoms with Crippen LogP contribution >= 0.6 is 0 Å². The third kappa shape index (κ3) is 9.65. The second-order valence-electron chi connectivity index (χ2n) is 19.5. The minimum Gasteiger partial charge on any atom is -0.461 e. The van der Waals surface area contributed by atoms with Gasteiger partial charge in [0.15, 0.2) is 11.9 Å². The van der Waals surface area contributed by atoms with Crippen LogP contribution in [0.15, 0.2) is 25.3 Å². The number of hydrogen-bond donors (Lipinski definition) is 2. The highest BCUT2D eigenvalue weighted by Crippen LogP contribution is 2.56. The van der Waals surface area contributed by atoms with Gasteiger partial charge in [-0.05, 0) is 89.9 Å². The molecule has 5 aliphatic rings. The molecular weight excluding hydrogens is 769 g/mol. The summed E-state index contributed by atoms with van der Waals surface area (Å²) in [7, 11) is 0. The molecule has 5 saturated heterocycles. The van der Waals surface area contributed by atoms with Gasteiger partial charge in [0.25, 0.3) is 0 Å². The molecule has 0 aromatic rings. The van der Waals surface area contributed by atoms with Crippen LogP contribution in [0.5, 0.6) is 0 Å². The van der Waals surface area contributed by atoms with Crippen molar-refractivity contribution in [2.75, 3.05) is 6.61 Å². The van der Waals surface area contributed by atoms with Gasteiger partial charge in [-0.3, -0.25) is 9.59 Å². The van der Waals surface area contributed by atoms with E-state index in [1.54, 1.807) is 13.0 Å². The van der Waals surface area contributed by atoms with E-state index < -0.39 is 64.8 Å². The van der Waals surface area contributed by atoms with Gasteiger partial charge in [-0.25, -0.2) is 4.79 Å². The number of ketones is 1. The summed E-state index contributed by atoms with van der Waals surface area (Å²) in [5.74, 6) is -5.39. The lowest BCUT2D eigenvalue weighted by Gasteiger charge is -2.57. The second-order valence-corrected chi connectivity index (χ2v) is 19.5. The molecule has 60 heavy (non-hydrogen) atoms. The Kier molecular flexibility index (Phi) is 16.0. The molecule has 0 aromatic carbocycles. The number of hydrogen-bond acceptors (Lipinski definition) is 12. The summed E-state index contributed by atoms with van der Waals surface area (Å²) in [5.41, 5.74) is -1.69. The first kappa shape index (κ1) is 48.8. The first-order valence-corrected chi connectivity index (χ1v) is 23.2. The van der Waals surface area contributed by atoms with E-state index in [9.17, 15) is 24.6 Å². The normalized spacial score (nSPS) is 42.1. The molecule has 0 amide bonds. The maximum absolute atomic E-state index is 14.7. The molecule has 5 fully saturated rings. The highest BCUT2D eigenvalue weighted by molar-refractivity contribution is 5.84. The van der Waals surface area contributed by atoms with Crippen molar-refractivity contribution in [3.8, 4) is 0 Å². The van der Waals surface area contributed by atoms with E-state index in [-0.39, 0.29) is 66.4 Å². The topological polar surface area (TPSA) is 156 Å². The Morgan fingerprint density at radius 3 is 2.17 bits per heavy atom. The van der Waals surface area contributed by atoms with Crippen LogP contribution in [0.1, 0.15) is 146 Å². The number of carbonyl (C=O) groups is 3. The number of ether oxygens (including phenoxy) is 7. The number of aliphatic hydroxyl groups is 2. The van der Waals surface area contributed by atoms with Crippen LogP contribution in [0.2, 0.25) is 0 Å². The van der Waals surface area contributed by atoms with Crippen LogP contribution in [-0.2, 0) is 47.5 Å². The summed E-state index contributed by atoms with van der Waals surface area (Å²) in [5, 5.41) is 23.1. The standard InChI is InChI=1S/C48H78O12/c1-13-26-54-44(52)34(14-2)36-19-18-28(6)42(56-36)32(10)40(50)31(9)41(51)35(15-3)43-29(7)27-30(8)47(58-43)23-21-38(57-39(49)16-4)48(60-47)25-24-45(12,59-48)37-20-22-46(53,17-5)33(11)55-37/h13,16,28-38,40,42-43,50,53H,1,4,14-15,17-27H2,2-3,5-12H3/t28-,29-,30+,31-,32-,33-,34+,35-,36+,37+,38+,40+,42+,43-,45-,46+,47-,48-/m0/s1. The molecule has 18 atom stereocenters. The predicted molar refractivity (Wildman–Crippen MR) is 226 cm³/mol. The van der Waals surface area contributed by atoms with E-state index in [2.05, 4.69) is 33.9 Å². The van der Waals surface area contributed by atoms with E-state index in [0.29, 0.717) is 64.2 Å². The summed E-state index contributed by atoms with van der Waals surface area (Å²) in [6.07, 6.45) is 6.07. The van der Waals surface area contributed by atoms with Crippen molar-refractivity contribution in [3.05, 3.63) is 25.3 Å². The molecule has 12 nitrogen and oxygen atoms in total. The highest BCUT2D eigenvalue weighted by atomic mass is 16.8. The lowest BCUT2D eigenvalue weighted by Crippen LogP contribution is -2.65. The average Bonchev–Trinajstić information content (AvgIpc) is 3.57. The number of esters is 2. The molecule has 12 heteroatoms. The van der Waals surface area contributed by atoms with Crippen LogP contribution in [0, 0.1) is 41.4 Å². The molecule has 2 spiro atoms. The fraction of sp³-hybridized carbons (Fsp3) is 0.854. The van der Waals surface area contributed by atoms with E-state index in [1.807, 2.05) is 41.5 Å². The quantitative estimate of drug-likeness (QED) is 0.0885. The van der Waals surface area contributed by atoms with Gasteiger partial charge in [-0.15, -0.1) is 0 Å². The van der Waals surface area contributed by atoms with Crippen LogP contribution in [0.4, 0.5) is 0 Å². The molecule has 0 aromatic heterocycles. The van der Waals surface area contributed by atoms with E-state index in [1.165, 1.54) is 0 Å². The zero-order valence-electron chi connectivity index (χ0n) is 38.3. The van der Waals surface area contributed by atoms with Crippen molar-refractivity contribution in [1.29, 1.82) is 0 Å². The monoisotopic (exact) mass is 847 g/mol. The first-order valence-electron chi connectivity index (χ1n) is 23.2. The third-order valence-corrected chi connectivity index (χ3v) is 15.6. The van der Waals surface area contributed by atoms with Crippen molar-refractivity contribution >= 4 is 17.7 Å². The molecule has 5 rings (SSSR count). The van der Waals surface area contributed by atoms with Crippen LogP contribution in [0.3, 0.4) is 0 Å². The fourth-order valence-electron chi connectivity index (χ4n) is 11.4. The maximum atomic E-state index is 14.7. The zero-order chi connectivity index (χ0) is 44.4. The summed E-state index contributed by atoms with van der Waals surface area (Å²) >= 11 is 0. The van der Waals surface area contributed by atoms with Gasteiger partial charge in [0.2, 0.25) is 5.79 Å². The molecule has 0 bridgehead atoms. The third-order valence-electron chi connectivity index (χ3n) is 15.6. The Morgan fingerprint density at radius 1 is 0.850 bits per heavy atom. The Labute approximate surface area is 359 Å². The number of carbonyl (C=O) groups excluding carboxylic acids is 3. The van der Waals surface area contributed by atoms with Crippen molar-refractivity contribution in [2.24, 2.45) is 41.4 Å². The van der Waals surface area contributed by atoms with Gasteiger partial charge in [-0.2, -0.15) is 0 Å². The van der Waals surface area contributed by atoms with E-state index in [0.717, 1.165) is 18.9 Å². The van der Waals surface area contributed by atoms with Gasteiger partial charge < -0.3 is 43.4 Å². The summed E-state index contributed by atoms with van der Waals surface area (Å²) in [6.45, 7) is 27.3. The fourth-order valence-corrected chi connectivity index (χ4v) is 11.4. The van der Waals surface area contributed by atoms with Gasteiger partial charge >= 0.3 is 11.9 Å². The molecule has 342 valence electrons. The SMILES string of the molecule is C=CCOC(=O)[C@H](CC)[C@H]1CC[C@H](C)[C@H]([C@@H](C)[C@H](O)[C@H](C)C(=O)[C@H](CC)[C@H]2O[C@]3(CC[C@@H](OC(=O)C=C)[C@]4(CC[C@@](C)([C@H]5CC[C@](O)(CC)[C@H](C)O5)O4)O3)[C@H](C)C[C@@H]2C)O1. The molecule has 5 heterocycles. The largest absolute Gasteiger partial charge is 0.461 e. The van der Waals surface area contributed by atoms with Crippen molar-refractivity contribution in [1.82, 2.24) is 0 Å². The Hall–Kier alpha value is -2.19. The molecule has 0 saturated carbocycles. The molecule has 0 radical (unpaired) electrons. The minimum atomic E-state index is -1.34. The minimum absolute atomic E-state index is 0.00985. The predicted octanol–water partition coefficient (Wildman–Crippen LogP) is 7.79. The van der Waals surface area contributed by atoms with Crippen LogP contribution in [0.25, 0.3) is 0 Å². The van der Waals surface area contributed by atoms with Crippen molar-refractivity contribution < 1.29 is 57.8 Å².